The molecule has 0 spiro atoms. The first-order chi connectivity index (χ1) is 9.26. The number of ether oxygens (including phenoxy) is 1. The van der Waals surface area contributed by atoms with Gasteiger partial charge in [-0.25, -0.2) is 0 Å². The summed E-state index contributed by atoms with van der Waals surface area (Å²) in [6.45, 7) is 8.04. The summed E-state index contributed by atoms with van der Waals surface area (Å²) in [5.74, 6) is 6.72. The van der Waals surface area contributed by atoms with Gasteiger partial charge in [0.2, 0.25) is 0 Å². The lowest BCUT2D eigenvalue weighted by Crippen LogP contribution is -3.11. The van der Waals surface area contributed by atoms with Gasteiger partial charge in [-0.3, -0.25) is 0 Å². The molecule has 0 aliphatic heterocycles. The fourth-order valence-electron chi connectivity index (χ4n) is 2.55. The molecule has 0 amide bonds. The molecule has 0 unspecified atom stereocenters. The van der Waals surface area contributed by atoms with E-state index < -0.39 is 0 Å². The summed E-state index contributed by atoms with van der Waals surface area (Å²) in [5.41, 5.74) is -0.262. The first-order valence-corrected chi connectivity index (χ1v) is 7.61. The van der Waals surface area contributed by atoms with Crippen LogP contribution in [0.1, 0.15) is 52.4 Å². The number of nitrogens with zero attached hydrogens (tertiary/aromatic N) is 1. The van der Waals surface area contributed by atoms with Crippen LogP contribution in [0.25, 0.3) is 0 Å². The van der Waals surface area contributed by atoms with E-state index in [2.05, 4.69) is 31.8 Å². The molecule has 0 atom stereocenters. The Balaban J connectivity index is 2.58. The van der Waals surface area contributed by atoms with Crippen molar-refractivity contribution in [1.29, 1.82) is 5.26 Å². The molecule has 0 aromatic carbocycles. The molecule has 0 heterocycles. The van der Waals surface area contributed by atoms with Crippen LogP contribution in [0.5, 0.6) is 0 Å². The van der Waals surface area contributed by atoms with E-state index in [1.54, 1.807) is 0 Å². The number of hydrogen-bond acceptors (Lipinski definition) is 2. The second-order valence-corrected chi connectivity index (χ2v) is 5.25. The number of hydrogen-bond donors (Lipinski definition) is 1. The summed E-state index contributed by atoms with van der Waals surface area (Å²) < 4.78 is 5.95. The molecule has 3 heteroatoms. The Hall–Kier alpha value is -1.03. The van der Waals surface area contributed by atoms with Crippen LogP contribution in [0.3, 0.4) is 0 Å². The summed E-state index contributed by atoms with van der Waals surface area (Å²) in [7, 11) is 0. The van der Waals surface area contributed by atoms with Crippen molar-refractivity contribution < 1.29 is 9.64 Å². The second kappa shape index (κ2) is 8.97. The topological polar surface area (TPSA) is 37.5 Å². The number of nitriles is 1. The summed E-state index contributed by atoms with van der Waals surface area (Å²) in [6.07, 6.45) is 6.19. The molecule has 1 rings (SSSR count). The molecule has 1 aliphatic rings. The van der Waals surface area contributed by atoms with Crippen LogP contribution >= 0.6 is 0 Å². The van der Waals surface area contributed by atoms with Crippen molar-refractivity contribution in [1.82, 2.24) is 0 Å². The van der Waals surface area contributed by atoms with E-state index in [0.717, 1.165) is 32.5 Å². The third kappa shape index (κ3) is 5.64. The maximum atomic E-state index is 8.62. The molecule has 1 fully saturated rings. The minimum Gasteiger partial charge on any atom is -0.361 e. The molecule has 0 aromatic heterocycles. The molecular formula is C16H27N2O+. The zero-order chi connectivity index (χ0) is 14.0. The van der Waals surface area contributed by atoms with Crippen molar-refractivity contribution in [2.45, 2.75) is 58.0 Å². The molecule has 1 N–H and O–H groups in total. The minimum atomic E-state index is -0.262. The van der Waals surface area contributed by atoms with Crippen molar-refractivity contribution in [2.75, 3.05) is 26.2 Å². The lowest BCUT2D eigenvalue weighted by molar-refractivity contribution is -0.889. The van der Waals surface area contributed by atoms with Gasteiger partial charge >= 0.3 is 0 Å². The van der Waals surface area contributed by atoms with Crippen LogP contribution in [-0.2, 0) is 4.74 Å². The van der Waals surface area contributed by atoms with Gasteiger partial charge in [-0.1, -0.05) is 12.3 Å². The fraction of sp³-hybridized carbons (Fsp3) is 0.812. The highest BCUT2D eigenvalue weighted by atomic mass is 16.5. The lowest BCUT2D eigenvalue weighted by Gasteiger charge is -2.32. The summed E-state index contributed by atoms with van der Waals surface area (Å²) in [5, 5.41) is 8.62. The quantitative estimate of drug-likeness (QED) is 0.583. The van der Waals surface area contributed by atoms with Crippen LogP contribution in [0.4, 0.5) is 0 Å². The number of quaternary nitrogens is 1. The van der Waals surface area contributed by atoms with Crippen LogP contribution in [-0.4, -0.2) is 31.8 Å². The first kappa shape index (κ1) is 16.0. The predicted octanol–water partition coefficient (Wildman–Crippen LogP) is 1.55. The van der Waals surface area contributed by atoms with Gasteiger partial charge in [-0.15, -0.1) is 0 Å². The highest BCUT2D eigenvalue weighted by molar-refractivity contribution is 5.15. The Labute approximate surface area is 117 Å². The van der Waals surface area contributed by atoms with Crippen molar-refractivity contribution in [2.24, 2.45) is 0 Å². The van der Waals surface area contributed by atoms with Crippen molar-refractivity contribution in [3.05, 3.63) is 0 Å². The van der Waals surface area contributed by atoms with E-state index in [1.165, 1.54) is 24.2 Å². The molecule has 1 saturated carbocycles. The van der Waals surface area contributed by atoms with Crippen LogP contribution in [0.2, 0.25) is 0 Å². The van der Waals surface area contributed by atoms with Crippen LogP contribution in [0.15, 0.2) is 0 Å². The summed E-state index contributed by atoms with van der Waals surface area (Å²) in [6, 6.07) is 2.14. The van der Waals surface area contributed by atoms with Gasteiger partial charge in [-0.05, 0) is 45.5 Å². The van der Waals surface area contributed by atoms with Gasteiger partial charge in [0.1, 0.15) is 12.1 Å². The Morgan fingerprint density at radius 3 is 2.42 bits per heavy atom. The largest absolute Gasteiger partial charge is 0.361 e. The number of nitrogens with one attached hydrogen (secondary N) is 1. The molecular weight excluding hydrogens is 236 g/mol. The molecule has 0 bridgehead atoms. The minimum absolute atomic E-state index is 0.262. The average molecular weight is 263 g/mol. The van der Waals surface area contributed by atoms with Gasteiger partial charge < -0.3 is 9.64 Å². The van der Waals surface area contributed by atoms with Crippen LogP contribution < -0.4 is 4.90 Å². The summed E-state index contributed by atoms with van der Waals surface area (Å²) >= 11 is 0. The Morgan fingerprint density at radius 2 is 1.84 bits per heavy atom. The van der Waals surface area contributed by atoms with E-state index in [9.17, 15) is 0 Å². The molecule has 19 heavy (non-hydrogen) atoms. The highest BCUT2D eigenvalue weighted by Crippen LogP contribution is 2.31. The van der Waals surface area contributed by atoms with Crippen molar-refractivity contribution >= 4 is 0 Å². The molecule has 0 saturated heterocycles. The van der Waals surface area contributed by atoms with Gasteiger partial charge in [0.05, 0.1) is 32.2 Å². The zero-order valence-electron chi connectivity index (χ0n) is 12.4. The third-order valence-corrected chi connectivity index (χ3v) is 3.91. The smallest absolute Gasteiger partial charge is 0.139 e. The van der Waals surface area contributed by atoms with E-state index in [1.807, 2.05) is 0 Å². The number of rotatable bonds is 6. The normalized spacial score (nSPS) is 17.6. The Kier molecular flexibility index (Phi) is 7.56. The van der Waals surface area contributed by atoms with Gasteiger partial charge in [0.25, 0.3) is 0 Å². The zero-order valence-corrected chi connectivity index (χ0v) is 12.4. The third-order valence-electron chi connectivity index (χ3n) is 3.91. The van der Waals surface area contributed by atoms with E-state index in [0.29, 0.717) is 13.0 Å². The first-order valence-electron chi connectivity index (χ1n) is 7.61. The Bertz CT molecular complexity index is 338. The van der Waals surface area contributed by atoms with E-state index >= 15 is 0 Å². The highest BCUT2D eigenvalue weighted by Gasteiger charge is 2.30. The monoisotopic (exact) mass is 263 g/mol. The average Bonchev–Trinajstić information content (AvgIpc) is 2.45. The standard InChI is InChI=1S/C16H26N2O/c1-3-18(4-2)14-8-12-16(19-15-9-13-17)10-6-5-7-11-16/h3-7,9-11,14-15H2,1-2H3/p+1. The maximum Gasteiger partial charge on any atom is 0.139 e. The lowest BCUT2D eigenvalue weighted by atomic mass is 9.85. The fourth-order valence-corrected chi connectivity index (χ4v) is 2.55. The SMILES string of the molecule is CC[NH+](CC)CC#CC1(OCCC#N)CCCCC1. The van der Waals surface area contributed by atoms with Crippen molar-refractivity contribution in [3.63, 3.8) is 0 Å². The van der Waals surface area contributed by atoms with E-state index in [4.69, 9.17) is 10.00 Å². The van der Waals surface area contributed by atoms with E-state index in [-0.39, 0.29) is 5.60 Å². The predicted molar refractivity (Wildman–Crippen MR) is 76.7 cm³/mol. The van der Waals surface area contributed by atoms with Gasteiger partial charge in [-0.2, -0.15) is 5.26 Å². The van der Waals surface area contributed by atoms with Gasteiger partial charge in [0.15, 0.2) is 0 Å². The molecule has 106 valence electrons. The van der Waals surface area contributed by atoms with Gasteiger partial charge in [0, 0.05) is 0 Å². The molecule has 0 aromatic rings. The second-order valence-electron chi connectivity index (χ2n) is 5.25. The molecule has 0 radical (unpaired) electrons. The molecule has 3 nitrogen and oxygen atoms in total. The Morgan fingerprint density at radius 1 is 1.16 bits per heavy atom. The maximum absolute atomic E-state index is 8.62. The summed E-state index contributed by atoms with van der Waals surface area (Å²) in [4.78, 5) is 1.51. The van der Waals surface area contributed by atoms with Crippen molar-refractivity contribution in [3.8, 4) is 17.9 Å². The van der Waals surface area contributed by atoms with Crippen LogP contribution in [0, 0.1) is 23.2 Å². The molecule has 1 aliphatic carbocycles.